The highest BCUT2D eigenvalue weighted by atomic mass is 16.5. The van der Waals surface area contributed by atoms with Crippen LogP contribution < -0.4 is 4.90 Å². The van der Waals surface area contributed by atoms with Crippen molar-refractivity contribution >= 4 is 11.7 Å². The van der Waals surface area contributed by atoms with Crippen LogP contribution in [0, 0.1) is 0 Å². The summed E-state index contributed by atoms with van der Waals surface area (Å²) in [6.45, 7) is 3.83. The molecule has 0 saturated heterocycles. The lowest BCUT2D eigenvalue weighted by Crippen LogP contribution is -2.49. The lowest BCUT2D eigenvalue weighted by molar-refractivity contribution is -0.159. The second-order valence-corrected chi connectivity index (χ2v) is 5.08. The number of hydrogen-bond donors (Lipinski definition) is 1. The van der Waals surface area contributed by atoms with Crippen LogP contribution in [0.15, 0.2) is 24.3 Å². The summed E-state index contributed by atoms with van der Waals surface area (Å²) in [6, 6.07) is 8.35. The van der Waals surface area contributed by atoms with Gasteiger partial charge in [-0.15, -0.1) is 0 Å². The predicted octanol–water partition coefficient (Wildman–Crippen LogP) is 1.36. The van der Waals surface area contributed by atoms with E-state index in [9.17, 15) is 9.90 Å². The number of β-amino-alcohol motifs (C(OH)–C–C–N with tert-alkyl or cyclic N) is 1. The van der Waals surface area contributed by atoms with E-state index in [1.54, 1.807) is 0 Å². The number of fused-ring (bicyclic) bond motifs is 1. The van der Waals surface area contributed by atoms with Crippen molar-refractivity contribution in [2.45, 2.75) is 31.9 Å². The molecular weight excluding hydrogens is 230 g/mol. The van der Waals surface area contributed by atoms with Crippen LogP contribution in [0.5, 0.6) is 0 Å². The minimum Gasteiger partial charge on any atom is -0.467 e. The van der Waals surface area contributed by atoms with E-state index in [1.807, 2.05) is 18.2 Å². The highest BCUT2D eigenvalue weighted by molar-refractivity contribution is 5.80. The molecule has 0 spiro atoms. The molecule has 0 radical (unpaired) electrons. The van der Waals surface area contributed by atoms with Crippen LogP contribution in [-0.2, 0) is 16.0 Å². The molecule has 2 unspecified atom stereocenters. The lowest BCUT2D eigenvalue weighted by Gasteiger charge is -2.31. The van der Waals surface area contributed by atoms with Crippen molar-refractivity contribution in [2.24, 2.45) is 0 Å². The molecule has 1 N–H and O–H groups in total. The first-order chi connectivity index (χ1) is 8.45. The molecule has 1 aromatic rings. The van der Waals surface area contributed by atoms with Gasteiger partial charge in [-0.2, -0.15) is 0 Å². The molecule has 1 heterocycles. The van der Waals surface area contributed by atoms with Crippen molar-refractivity contribution in [3.8, 4) is 0 Å². The van der Waals surface area contributed by atoms with Gasteiger partial charge in [0, 0.05) is 11.7 Å². The van der Waals surface area contributed by atoms with Gasteiger partial charge >= 0.3 is 5.97 Å². The number of nitrogens with zero attached hydrogens (tertiary/aromatic N) is 1. The highest BCUT2D eigenvalue weighted by Gasteiger charge is 2.37. The Kier molecular flexibility index (Phi) is 3.30. The van der Waals surface area contributed by atoms with E-state index < -0.39 is 11.6 Å². The Morgan fingerprint density at radius 1 is 1.56 bits per heavy atom. The quantitative estimate of drug-likeness (QED) is 0.822. The van der Waals surface area contributed by atoms with Crippen LogP contribution in [0.2, 0.25) is 0 Å². The number of hydrogen-bond acceptors (Lipinski definition) is 4. The van der Waals surface area contributed by atoms with Gasteiger partial charge in [0.25, 0.3) is 0 Å². The molecular formula is C14H19NO3. The van der Waals surface area contributed by atoms with E-state index in [0.717, 1.165) is 12.1 Å². The van der Waals surface area contributed by atoms with Crippen molar-refractivity contribution in [3.63, 3.8) is 0 Å². The van der Waals surface area contributed by atoms with Gasteiger partial charge < -0.3 is 14.7 Å². The van der Waals surface area contributed by atoms with Gasteiger partial charge in [0.2, 0.25) is 0 Å². The summed E-state index contributed by atoms with van der Waals surface area (Å²) in [4.78, 5) is 13.6. The minimum absolute atomic E-state index is 0.248. The lowest BCUT2D eigenvalue weighted by atomic mass is 10.1. The van der Waals surface area contributed by atoms with Gasteiger partial charge in [-0.1, -0.05) is 18.2 Å². The molecule has 2 atom stereocenters. The monoisotopic (exact) mass is 249 g/mol. The number of methoxy groups -OCH3 is 1. The third-order valence-electron chi connectivity index (χ3n) is 3.45. The van der Waals surface area contributed by atoms with E-state index in [4.69, 9.17) is 0 Å². The zero-order chi connectivity index (χ0) is 13.3. The van der Waals surface area contributed by atoms with Gasteiger partial charge in [-0.25, -0.2) is 4.79 Å². The van der Waals surface area contributed by atoms with E-state index in [0.29, 0.717) is 0 Å². The molecule has 1 aromatic carbocycles. The third kappa shape index (κ3) is 2.20. The van der Waals surface area contributed by atoms with Crippen molar-refractivity contribution in [1.29, 1.82) is 0 Å². The van der Waals surface area contributed by atoms with E-state index in [2.05, 4.69) is 22.6 Å². The van der Waals surface area contributed by atoms with Crippen molar-refractivity contribution < 1.29 is 14.6 Å². The number of benzene rings is 1. The van der Waals surface area contributed by atoms with E-state index in [-0.39, 0.29) is 12.6 Å². The molecule has 4 heteroatoms. The molecule has 0 amide bonds. The van der Waals surface area contributed by atoms with Crippen LogP contribution in [-0.4, -0.2) is 36.4 Å². The molecule has 0 aromatic heterocycles. The highest BCUT2D eigenvalue weighted by Crippen LogP contribution is 2.32. The summed E-state index contributed by atoms with van der Waals surface area (Å²) in [5, 5.41) is 10.2. The Morgan fingerprint density at radius 3 is 2.89 bits per heavy atom. The molecule has 1 aliphatic heterocycles. The van der Waals surface area contributed by atoms with Crippen LogP contribution >= 0.6 is 0 Å². The summed E-state index contributed by atoms with van der Waals surface area (Å²) < 4.78 is 4.63. The van der Waals surface area contributed by atoms with Crippen molar-refractivity contribution in [2.75, 3.05) is 18.6 Å². The Morgan fingerprint density at radius 2 is 2.22 bits per heavy atom. The summed E-state index contributed by atoms with van der Waals surface area (Å²) in [7, 11) is 1.29. The van der Waals surface area contributed by atoms with Crippen molar-refractivity contribution in [3.05, 3.63) is 29.8 Å². The Balaban J connectivity index is 2.22. The fourth-order valence-corrected chi connectivity index (χ4v) is 2.49. The zero-order valence-electron chi connectivity index (χ0n) is 11.0. The minimum atomic E-state index is -1.49. The van der Waals surface area contributed by atoms with Gasteiger partial charge in [-0.05, 0) is 31.9 Å². The summed E-state index contributed by atoms with van der Waals surface area (Å²) in [6.07, 6.45) is 0.938. The molecule has 1 aliphatic rings. The largest absolute Gasteiger partial charge is 0.467 e. The first kappa shape index (κ1) is 12.9. The van der Waals surface area contributed by atoms with Crippen molar-refractivity contribution in [1.82, 2.24) is 0 Å². The Hall–Kier alpha value is -1.55. The number of esters is 1. The molecule has 18 heavy (non-hydrogen) atoms. The average Bonchev–Trinajstić information content (AvgIpc) is 2.65. The van der Waals surface area contributed by atoms with Gasteiger partial charge in [0.15, 0.2) is 5.60 Å². The average molecular weight is 249 g/mol. The Bertz CT molecular complexity index is 456. The summed E-state index contributed by atoms with van der Waals surface area (Å²) in [5.74, 6) is -0.598. The number of para-hydroxylation sites is 1. The standard InChI is InChI=1S/C14H19NO3/c1-10-8-11-6-4-5-7-12(11)15(10)9-14(2,17)13(16)18-3/h4-7,10,17H,8-9H2,1-3H3. The molecule has 0 aliphatic carbocycles. The molecule has 0 fully saturated rings. The van der Waals surface area contributed by atoms with E-state index in [1.165, 1.54) is 19.6 Å². The molecule has 2 rings (SSSR count). The van der Waals surface area contributed by atoms with Gasteiger partial charge in [0.1, 0.15) is 0 Å². The fraction of sp³-hybridized carbons (Fsp3) is 0.500. The number of anilines is 1. The van der Waals surface area contributed by atoms with Crippen LogP contribution in [0.1, 0.15) is 19.4 Å². The number of carbonyl (C=O) groups is 1. The first-order valence-electron chi connectivity index (χ1n) is 6.11. The normalized spacial score (nSPS) is 21.3. The SMILES string of the molecule is COC(=O)C(C)(O)CN1c2ccccc2CC1C. The maximum Gasteiger partial charge on any atom is 0.339 e. The zero-order valence-corrected chi connectivity index (χ0v) is 11.0. The maximum absolute atomic E-state index is 11.5. The molecule has 0 bridgehead atoms. The maximum atomic E-state index is 11.5. The fourth-order valence-electron chi connectivity index (χ4n) is 2.49. The number of aliphatic hydroxyl groups is 1. The predicted molar refractivity (Wildman–Crippen MR) is 69.6 cm³/mol. The molecule has 4 nitrogen and oxygen atoms in total. The van der Waals surface area contributed by atoms with Crippen LogP contribution in [0.25, 0.3) is 0 Å². The van der Waals surface area contributed by atoms with Crippen LogP contribution in [0.4, 0.5) is 5.69 Å². The Labute approximate surface area is 107 Å². The molecule has 0 saturated carbocycles. The third-order valence-corrected chi connectivity index (χ3v) is 3.45. The van der Waals surface area contributed by atoms with Crippen LogP contribution in [0.3, 0.4) is 0 Å². The molecule has 98 valence electrons. The second kappa shape index (κ2) is 4.61. The summed E-state index contributed by atoms with van der Waals surface area (Å²) in [5.41, 5.74) is 0.861. The first-order valence-corrected chi connectivity index (χ1v) is 6.11. The number of rotatable bonds is 3. The summed E-state index contributed by atoms with van der Waals surface area (Å²) >= 11 is 0. The van der Waals surface area contributed by atoms with Gasteiger partial charge in [0.05, 0.1) is 13.7 Å². The second-order valence-electron chi connectivity index (χ2n) is 5.08. The topological polar surface area (TPSA) is 49.8 Å². The van der Waals surface area contributed by atoms with Gasteiger partial charge in [-0.3, -0.25) is 0 Å². The number of carbonyl (C=O) groups excluding carboxylic acids is 1. The van der Waals surface area contributed by atoms with E-state index >= 15 is 0 Å². The number of ether oxygens (including phenoxy) is 1. The smallest absolute Gasteiger partial charge is 0.339 e.